The van der Waals surface area contributed by atoms with Crippen LogP contribution in [-0.4, -0.2) is 11.7 Å². The SMILES string of the molecule is Cc1ccc(-c2cc(C3CCCCN3)no2)cc1. The van der Waals surface area contributed by atoms with Gasteiger partial charge < -0.3 is 9.84 Å². The van der Waals surface area contributed by atoms with Crippen molar-refractivity contribution in [3.63, 3.8) is 0 Å². The normalized spacial score (nSPS) is 19.9. The Labute approximate surface area is 107 Å². The van der Waals surface area contributed by atoms with Crippen LogP contribution < -0.4 is 5.32 Å². The van der Waals surface area contributed by atoms with E-state index in [1.807, 2.05) is 0 Å². The molecule has 1 saturated heterocycles. The highest BCUT2D eigenvalue weighted by Crippen LogP contribution is 2.27. The van der Waals surface area contributed by atoms with Gasteiger partial charge in [0.25, 0.3) is 0 Å². The maximum Gasteiger partial charge on any atom is 0.167 e. The molecule has 3 nitrogen and oxygen atoms in total. The molecule has 1 aliphatic heterocycles. The molecule has 0 spiro atoms. The van der Waals surface area contributed by atoms with E-state index in [9.17, 15) is 0 Å². The molecular weight excluding hydrogens is 224 g/mol. The Morgan fingerprint density at radius 1 is 1.22 bits per heavy atom. The van der Waals surface area contributed by atoms with Crippen molar-refractivity contribution in [2.45, 2.75) is 32.2 Å². The van der Waals surface area contributed by atoms with E-state index in [-0.39, 0.29) is 0 Å². The second-order valence-corrected chi connectivity index (χ2v) is 4.98. The summed E-state index contributed by atoms with van der Waals surface area (Å²) in [5.74, 6) is 0.859. The highest BCUT2D eigenvalue weighted by molar-refractivity contribution is 5.57. The third kappa shape index (κ3) is 2.31. The van der Waals surface area contributed by atoms with Crippen LogP contribution in [0.15, 0.2) is 34.9 Å². The lowest BCUT2D eigenvalue weighted by Gasteiger charge is -2.20. The fourth-order valence-corrected chi connectivity index (χ4v) is 2.41. The zero-order valence-electron chi connectivity index (χ0n) is 10.6. The highest BCUT2D eigenvalue weighted by atomic mass is 16.5. The lowest BCUT2D eigenvalue weighted by Crippen LogP contribution is -2.26. The predicted molar refractivity (Wildman–Crippen MR) is 71.3 cm³/mol. The highest BCUT2D eigenvalue weighted by Gasteiger charge is 2.18. The summed E-state index contributed by atoms with van der Waals surface area (Å²) in [7, 11) is 0. The quantitative estimate of drug-likeness (QED) is 0.876. The van der Waals surface area contributed by atoms with Crippen LogP contribution in [0.5, 0.6) is 0 Å². The third-order valence-corrected chi connectivity index (χ3v) is 3.53. The van der Waals surface area contributed by atoms with Gasteiger partial charge in [-0.3, -0.25) is 0 Å². The fourth-order valence-electron chi connectivity index (χ4n) is 2.41. The minimum Gasteiger partial charge on any atom is -0.356 e. The van der Waals surface area contributed by atoms with E-state index in [1.165, 1.54) is 18.4 Å². The molecule has 1 atom stereocenters. The summed E-state index contributed by atoms with van der Waals surface area (Å²) in [6.45, 7) is 3.17. The zero-order valence-corrected chi connectivity index (χ0v) is 10.6. The number of benzene rings is 1. The van der Waals surface area contributed by atoms with Crippen LogP contribution in [-0.2, 0) is 0 Å². The molecule has 1 aliphatic rings. The van der Waals surface area contributed by atoms with Crippen LogP contribution in [0.1, 0.15) is 36.6 Å². The molecule has 1 N–H and O–H groups in total. The van der Waals surface area contributed by atoms with Gasteiger partial charge in [0, 0.05) is 11.6 Å². The Balaban J connectivity index is 1.82. The summed E-state index contributed by atoms with van der Waals surface area (Å²) in [6, 6.07) is 10.8. The van der Waals surface area contributed by atoms with E-state index in [2.05, 4.69) is 47.7 Å². The molecule has 0 radical (unpaired) electrons. The number of aromatic nitrogens is 1. The van der Waals surface area contributed by atoms with Gasteiger partial charge in [-0.2, -0.15) is 0 Å². The first-order chi connectivity index (χ1) is 8.83. The topological polar surface area (TPSA) is 38.1 Å². The van der Waals surface area contributed by atoms with Crippen molar-refractivity contribution < 1.29 is 4.52 Å². The van der Waals surface area contributed by atoms with Gasteiger partial charge in [0.1, 0.15) is 5.69 Å². The Kier molecular flexibility index (Phi) is 3.15. The molecule has 1 aromatic heterocycles. The van der Waals surface area contributed by atoms with Crippen LogP contribution in [0.25, 0.3) is 11.3 Å². The molecule has 1 aromatic carbocycles. The smallest absolute Gasteiger partial charge is 0.167 e. The molecule has 2 heterocycles. The predicted octanol–water partition coefficient (Wildman–Crippen LogP) is 3.46. The second kappa shape index (κ2) is 4.94. The van der Waals surface area contributed by atoms with Crippen molar-refractivity contribution in [1.29, 1.82) is 0 Å². The Hall–Kier alpha value is -1.61. The van der Waals surface area contributed by atoms with Crippen LogP contribution in [0.3, 0.4) is 0 Å². The van der Waals surface area contributed by atoms with E-state index >= 15 is 0 Å². The zero-order chi connectivity index (χ0) is 12.4. The molecule has 18 heavy (non-hydrogen) atoms. The van der Waals surface area contributed by atoms with Crippen LogP contribution in [0.4, 0.5) is 0 Å². The molecule has 0 aliphatic carbocycles. The minimum absolute atomic E-state index is 0.363. The maximum atomic E-state index is 5.45. The second-order valence-electron chi connectivity index (χ2n) is 4.98. The van der Waals surface area contributed by atoms with E-state index in [1.54, 1.807) is 0 Å². The number of nitrogens with zero attached hydrogens (tertiary/aromatic N) is 1. The Morgan fingerprint density at radius 3 is 2.78 bits per heavy atom. The number of piperidine rings is 1. The summed E-state index contributed by atoms with van der Waals surface area (Å²) in [5.41, 5.74) is 3.38. The maximum absolute atomic E-state index is 5.45. The van der Waals surface area contributed by atoms with Gasteiger partial charge in [0.2, 0.25) is 0 Å². The molecule has 3 rings (SSSR count). The summed E-state index contributed by atoms with van der Waals surface area (Å²) in [5, 5.41) is 7.69. The van der Waals surface area contributed by atoms with Crippen LogP contribution >= 0.6 is 0 Å². The average molecular weight is 242 g/mol. The van der Waals surface area contributed by atoms with Crippen molar-refractivity contribution in [2.24, 2.45) is 0 Å². The first-order valence-electron chi connectivity index (χ1n) is 6.60. The first kappa shape index (κ1) is 11.5. The van der Waals surface area contributed by atoms with Crippen molar-refractivity contribution in [2.75, 3.05) is 6.54 Å². The van der Waals surface area contributed by atoms with E-state index < -0.39 is 0 Å². The van der Waals surface area contributed by atoms with E-state index in [0.29, 0.717) is 6.04 Å². The summed E-state index contributed by atoms with van der Waals surface area (Å²) >= 11 is 0. The number of nitrogens with one attached hydrogen (secondary N) is 1. The molecule has 94 valence electrons. The lowest BCUT2D eigenvalue weighted by molar-refractivity contribution is 0.368. The van der Waals surface area contributed by atoms with Crippen molar-refractivity contribution in [3.05, 3.63) is 41.6 Å². The largest absolute Gasteiger partial charge is 0.356 e. The molecular formula is C15H18N2O. The van der Waals surface area contributed by atoms with Gasteiger partial charge in [0.05, 0.1) is 6.04 Å². The molecule has 1 fully saturated rings. The minimum atomic E-state index is 0.363. The molecule has 0 saturated carbocycles. The summed E-state index contributed by atoms with van der Waals surface area (Å²) in [4.78, 5) is 0. The number of hydrogen-bond acceptors (Lipinski definition) is 3. The van der Waals surface area contributed by atoms with Gasteiger partial charge >= 0.3 is 0 Å². The van der Waals surface area contributed by atoms with E-state index in [4.69, 9.17) is 4.52 Å². The number of rotatable bonds is 2. The first-order valence-corrected chi connectivity index (χ1v) is 6.60. The van der Waals surface area contributed by atoms with Gasteiger partial charge in [0.15, 0.2) is 5.76 Å². The Bertz CT molecular complexity index is 510. The molecule has 3 heteroatoms. The van der Waals surface area contributed by atoms with Gasteiger partial charge in [-0.1, -0.05) is 41.4 Å². The van der Waals surface area contributed by atoms with Gasteiger partial charge in [-0.25, -0.2) is 0 Å². The molecule has 1 unspecified atom stereocenters. The van der Waals surface area contributed by atoms with Crippen molar-refractivity contribution in [3.8, 4) is 11.3 Å². The molecule has 0 bridgehead atoms. The molecule has 2 aromatic rings. The van der Waals surface area contributed by atoms with Crippen LogP contribution in [0, 0.1) is 6.92 Å². The Morgan fingerprint density at radius 2 is 2.06 bits per heavy atom. The standard InChI is InChI=1S/C15H18N2O/c1-11-5-7-12(8-6-11)15-10-14(17-18-15)13-4-2-3-9-16-13/h5-8,10,13,16H,2-4,9H2,1H3. The average Bonchev–Trinajstić information content (AvgIpc) is 2.90. The fraction of sp³-hybridized carbons (Fsp3) is 0.400. The summed E-state index contributed by atoms with van der Waals surface area (Å²) in [6.07, 6.45) is 3.68. The monoisotopic (exact) mass is 242 g/mol. The van der Waals surface area contributed by atoms with E-state index in [0.717, 1.165) is 30.0 Å². The van der Waals surface area contributed by atoms with Crippen molar-refractivity contribution in [1.82, 2.24) is 10.5 Å². The lowest BCUT2D eigenvalue weighted by atomic mass is 10.0. The molecule has 0 amide bonds. The number of hydrogen-bond donors (Lipinski definition) is 1. The van der Waals surface area contributed by atoms with Gasteiger partial charge in [-0.15, -0.1) is 0 Å². The number of aryl methyl sites for hydroxylation is 1. The van der Waals surface area contributed by atoms with Crippen molar-refractivity contribution >= 4 is 0 Å². The van der Waals surface area contributed by atoms with Gasteiger partial charge in [-0.05, 0) is 26.3 Å². The van der Waals surface area contributed by atoms with Crippen LogP contribution in [0.2, 0.25) is 0 Å². The summed E-state index contributed by atoms with van der Waals surface area (Å²) < 4.78 is 5.45. The third-order valence-electron chi connectivity index (χ3n) is 3.53.